The van der Waals surface area contributed by atoms with Gasteiger partial charge in [-0.2, -0.15) is 0 Å². The number of carboxylic acid groups (broad SMARTS) is 1. The van der Waals surface area contributed by atoms with Gasteiger partial charge in [-0.25, -0.2) is 8.42 Å². The molecule has 0 aromatic heterocycles. The summed E-state index contributed by atoms with van der Waals surface area (Å²) in [6.45, 7) is 2.39. The van der Waals surface area contributed by atoms with Crippen LogP contribution in [0.25, 0.3) is 0 Å². The summed E-state index contributed by atoms with van der Waals surface area (Å²) in [5.74, 6) is -1.80. The van der Waals surface area contributed by atoms with Gasteiger partial charge in [-0.15, -0.1) is 0 Å². The predicted octanol–water partition coefficient (Wildman–Crippen LogP) is 1.08. The average Bonchev–Trinajstić information content (AvgIpc) is 2.18. The fourth-order valence-corrected chi connectivity index (χ4v) is 2.52. The highest BCUT2D eigenvalue weighted by atomic mass is 32.2. The Hall–Kier alpha value is -1.56. The van der Waals surface area contributed by atoms with Crippen LogP contribution >= 0.6 is 0 Å². The molecule has 0 saturated carbocycles. The summed E-state index contributed by atoms with van der Waals surface area (Å²) in [5, 5.41) is 8.44. The first-order valence-electron chi connectivity index (χ1n) is 5.07. The van der Waals surface area contributed by atoms with Crippen molar-refractivity contribution < 1.29 is 23.1 Å². The molecule has 0 bridgehead atoms. The Labute approximate surface area is 100.0 Å². The van der Waals surface area contributed by atoms with Crippen LogP contribution < -0.4 is 4.74 Å². The normalized spacial score (nSPS) is 11.1. The summed E-state index contributed by atoms with van der Waals surface area (Å²) in [6, 6.07) is 6.55. The molecule has 0 aliphatic heterocycles. The van der Waals surface area contributed by atoms with Crippen molar-refractivity contribution in [1.29, 1.82) is 0 Å². The zero-order chi connectivity index (χ0) is 12.9. The summed E-state index contributed by atoms with van der Waals surface area (Å²) in [6.07, 6.45) is 0. The molecule has 1 aromatic rings. The monoisotopic (exact) mass is 258 g/mol. The van der Waals surface area contributed by atoms with Crippen LogP contribution in [0, 0.1) is 0 Å². The van der Waals surface area contributed by atoms with Crippen LogP contribution in [0.5, 0.6) is 5.75 Å². The van der Waals surface area contributed by atoms with Gasteiger partial charge in [-0.1, -0.05) is 12.1 Å². The molecule has 0 amide bonds. The van der Waals surface area contributed by atoms with Crippen LogP contribution in [0.3, 0.4) is 0 Å². The Morgan fingerprint density at radius 3 is 2.35 bits per heavy atom. The third-order valence-electron chi connectivity index (χ3n) is 1.96. The van der Waals surface area contributed by atoms with E-state index < -0.39 is 21.6 Å². The lowest BCUT2D eigenvalue weighted by molar-refractivity contribution is -0.134. The molecule has 0 fully saturated rings. The molecule has 1 rings (SSSR count). The van der Waals surface area contributed by atoms with Crippen molar-refractivity contribution in [1.82, 2.24) is 0 Å². The van der Waals surface area contributed by atoms with Gasteiger partial charge >= 0.3 is 5.97 Å². The van der Waals surface area contributed by atoms with E-state index in [4.69, 9.17) is 9.84 Å². The maximum absolute atomic E-state index is 11.4. The summed E-state index contributed by atoms with van der Waals surface area (Å²) >= 11 is 0. The van der Waals surface area contributed by atoms with E-state index >= 15 is 0 Å². The fraction of sp³-hybridized carbons (Fsp3) is 0.364. The number of hydrogen-bond acceptors (Lipinski definition) is 4. The minimum atomic E-state index is -3.60. The third-order valence-corrected chi connectivity index (χ3v) is 3.42. The van der Waals surface area contributed by atoms with Gasteiger partial charge in [0.2, 0.25) is 0 Å². The van der Waals surface area contributed by atoms with Crippen molar-refractivity contribution in [2.45, 2.75) is 12.7 Å². The quantitative estimate of drug-likeness (QED) is 0.826. The van der Waals surface area contributed by atoms with Gasteiger partial charge in [0.05, 0.1) is 12.4 Å². The largest absolute Gasteiger partial charge is 0.494 e. The van der Waals surface area contributed by atoms with Gasteiger partial charge in [0.15, 0.2) is 9.84 Å². The Morgan fingerprint density at radius 1 is 1.29 bits per heavy atom. The van der Waals surface area contributed by atoms with E-state index in [0.717, 1.165) is 0 Å². The van der Waals surface area contributed by atoms with E-state index in [9.17, 15) is 13.2 Å². The lowest BCUT2D eigenvalue weighted by Crippen LogP contribution is -2.16. The van der Waals surface area contributed by atoms with Crippen molar-refractivity contribution in [3.8, 4) is 5.75 Å². The lowest BCUT2D eigenvalue weighted by Gasteiger charge is -2.05. The van der Waals surface area contributed by atoms with Crippen molar-refractivity contribution in [2.75, 3.05) is 12.4 Å². The van der Waals surface area contributed by atoms with Gasteiger partial charge in [-0.3, -0.25) is 4.79 Å². The van der Waals surface area contributed by atoms with Crippen molar-refractivity contribution in [3.05, 3.63) is 29.8 Å². The highest BCUT2D eigenvalue weighted by molar-refractivity contribution is 7.91. The topological polar surface area (TPSA) is 80.7 Å². The smallest absolute Gasteiger partial charge is 0.318 e. The Balaban J connectivity index is 2.72. The molecule has 1 N–H and O–H groups in total. The number of hydrogen-bond donors (Lipinski definition) is 1. The standard InChI is InChI=1S/C11H14O5S/c1-2-16-10-5-3-9(4-6-10)7-17(14,15)8-11(12)13/h3-6H,2,7-8H2,1H3,(H,12,13). The van der Waals surface area contributed by atoms with Crippen molar-refractivity contribution in [3.63, 3.8) is 0 Å². The van der Waals surface area contributed by atoms with Gasteiger partial charge < -0.3 is 9.84 Å². The fourth-order valence-electron chi connectivity index (χ4n) is 1.34. The van der Waals surface area contributed by atoms with Crippen LogP contribution in [0.4, 0.5) is 0 Å². The highest BCUT2D eigenvalue weighted by Crippen LogP contribution is 2.14. The van der Waals surface area contributed by atoms with Crippen LogP contribution in [0.15, 0.2) is 24.3 Å². The SMILES string of the molecule is CCOc1ccc(CS(=O)(=O)CC(=O)O)cc1. The molecule has 0 aliphatic rings. The molecule has 0 unspecified atom stereocenters. The van der Waals surface area contributed by atoms with Gasteiger partial charge in [0.1, 0.15) is 11.5 Å². The molecular formula is C11H14O5S. The molecule has 17 heavy (non-hydrogen) atoms. The van der Waals surface area contributed by atoms with Crippen LogP contribution in [-0.2, 0) is 20.4 Å². The summed E-state index contributed by atoms with van der Waals surface area (Å²) in [4.78, 5) is 10.3. The number of rotatable bonds is 6. The number of benzene rings is 1. The van der Waals surface area contributed by atoms with E-state index in [-0.39, 0.29) is 5.75 Å². The maximum atomic E-state index is 11.4. The van der Waals surface area contributed by atoms with Crippen molar-refractivity contribution >= 4 is 15.8 Å². The molecule has 0 spiro atoms. The molecule has 0 heterocycles. The second-order valence-corrected chi connectivity index (χ2v) is 5.57. The van der Waals surface area contributed by atoms with Crippen LogP contribution in [-0.4, -0.2) is 31.9 Å². The number of aliphatic carboxylic acids is 1. The molecule has 0 atom stereocenters. The molecule has 5 nitrogen and oxygen atoms in total. The zero-order valence-electron chi connectivity index (χ0n) is 9.42. The number of carbonyl (C=O) groups is 1. The van der Waals surface area contributed by atoms with E-state index in [0.29, 0.717) is 17.9 Å². The van der Waals surface area contributed by atoms with Gasteiger partial charge in [0, 0.05) is 0 Å². The molecule has 6 heteroatoms. The number of sulfone groups is 1. The predicted molar refractivity (Wildman–Crippen MR) is 62.7 cm³/mol. The summed E-state index contributed by atoms with van der Waals surface area (Å²) < 4.78 is 28.0. The molecular weight excluding hydrogens is 244 g/mol. The third kappa shape index (κ3) is 4.86. The zero-order valence-corrected chi connectivity index (χ0v) is 10.2. The summed E-state index contributed by atoms with van der Waals surface area (Å²) in [5.41, 5.74) is 0.551. The minimum Gasteiger partial charge on any atom is -0.494 e. The van der Waals surface area contributed by atoms with E-state index in [2.05, 4.69) is 0 Å². The van der Waals surface area contributed by atoms with E-state index in [1.165, 1.54) is 0 Å². The number of carboxylic acids is 1. The second-order valence-electron chi connectivity index (χ2n) is 3.50. The van der Waals surface area contributed by atoms with Gasteiger partial charge in [0.25, 0.3) is 0 Å². The van der Waals surface area contributed by atoms with Crippen LogP contribution in [0.2, 0.25) is 0 Å². The Bertz CT molecular complexity index is 475. The van der Waals surface area contributed by atoms with Crippen LogP contribution in [0.1, 0.15) is 12.5 Å². The molecule has 0 aliphatic carbocycles. The van der Waals surface area contributed by atoms with E-state index in [1.54, 1.807) is 24.3 Å². The average molecular weight is 258 g/mol. The van der Waals surface area contributed by atoms with Crippen molar-refractivity contribution in [2.24, 2.45) is 0 Å². The molecule has 94 valence electrons. The first kappa shape index (κ1) is 13.5. The molecule has 1 aromatic carbocycles. The second kappa shape index (κ2) is 5.67. The lowest BCUT2D eigenvalue weighted by atomic mass is 10.2. The van der Waals surface area contributed by atoms with Gasteiger partial charge in [-0.05, 0) is 24.6 Å². The highest BCUT2D eigenvalue weighted by Gasteiger charge is 2.16. The first-order chi connectivity index (χ1) is 7.93. The summed E-state index contributed by atoms with van der Waals surface area (Å²) in [7, 11) is -3.60. The number of ether oxygens (including phenoxy) is 1. The van der Waals surface area contributed by atoms with E-state index in [1.807, 2.05) is 6.92 Å². The molecule has 0 radical (unpaired) electrons. The Morgan fingerprint density at radius 2 is 1.88 bits per heavy atom. The minimum absolute atomic E-state index is 0.272. The molecule has 0 saturated heterocycles. The Kier molecular flexibility index (Phi) is 4.51. The maximum Gasteiger partial charge on any atom is 0.318 e. The first-order valence-corrected chi connectivity index (χ1v) is 6.89.